The van der Waals surface area contributed by atoms with Gasteiger partial charge in [-0.2, -0.15) is 0 Å². The van der Waals surface area contributed by atoms with Crippen LogP contribution in [0.4, 0.5) is 0 Å². The van der Waals surface area contributed by atoms with Gasteiger partial charge in [-0.3, -0.25) is 4.79 Å². The van der Waals surface area contributed by atoms with E-state index in [2.05, 4.69) is 0 Å². The minimum absolute atomic E-state index is 0.195. The summed E-state index contributed by atoms with van der Waals surface area (Å²) in [6, 6.07) is 7.41. The zero-order chi connectivity index (χ0) is 17.9. The predicted octanol–water partition coefficient (Wildman–Crippen LogP) is 4.44. The van der Waals surface area contributed by atoms with Gasteiger partial charge in [0.1, 0.15) is 11.5 Å². The number of esters is 2. The van der Waals surface area contributed by atoms with E-state index >= 15 is 0 Å². The molecule has 2 saturated carbocycles. The van der Waals surface area contributed by atoms with Crippen molar-refractivity contribution in [2.24, 2.45) is 11.3 Å². The Balaban J connectivity index is 1.84. The number of carbonyl (C=O) groups excluding carboxylic acids is 2. The van der Waals surface area contributed by atoms with Gasteiger partial charge in [0.2, 0.25) is 0 Å². The molecule has 2 aliphatic rings. The quantitative estimate of drug-likeness (QED) is 0.758. The van der Waals surface area contributed by atoms with Crippen LogP contribution in [0, 0.1) is 18.3 Å². The van der Waals surface area contributed by atoms with E-state index in [4.69, 9.17) is 9.47 Å². The fraction of sp³-hybridized carbons (Fsp3) is 0.619. The Morgan fingerprint density at radius 1 is 1.08 bits per heavy atom. The lowest BCUT2D eigenvalue weighted by molar-refractivity contribution is -0.165. The van der Waals surface area contributed by atoms with Crippen LogP contribution in [-0.2, 0) is 14.3 Å². The van der Waals surface area contributed by atoms with E-state index in [0.29, 0.717) is 5.56 Å². The van der Waals surface area contributed by atoms with Crippen LogP contribution in [0.15, 0.2) is 24.3 Å². The molecule has 0 N–H and O–H groups in total. The summed E-state index contributed by atoms with van der Waals surface area (Å²) in [7, 11) is 1.45. The molecular weight excluding hydrogens is 316 g/mol. The van der Waals surface area contributed by atoms with Crippen LogP contribution in [0.25, 0.3) is 0 Å². The number of hydrogen-bond donors (Lipinski definition) is 0. The van der Waals surface area contributed by atoms with Crippen molar-refractivity contribution in [3.05, 3.63) is 35.4 Å². The van der Waals surface area contributed by atoms with Gasteiger partial charge >= 0.3 is 11.9 Å². The first-order chi connectivity index (χ1) is 12.1. The highest BCUT2D eigenvalue weighted by Crippen LogP contribution is 2.52. The first-order valence-electron chi connectivity index (χ1n) is 9.44. The van der Waals surface area contributed by atoms with Crippen molar-refractivity contribution in [2.75, 3.05) is 7.11 Å². The molecule has 0 saturated heterocycles. The highest BCUT2D eigenvalue weighted by Gasteiger charge is 2.56. The summed E-state index contributed by atoms with van der Waals surface area (Å²) in [4.78, 5) is 25.5. The maximum absolute atomic E-state index is 12.8. The molecule has 2 fully saturated rings. The van der Waals surface area contributed by atoms with Crippen molar-refractivity contribution >= 4 is 11.9 Å². The summed E-state index contributed by atoms with van der Waals surface area (Å²) in [5.74, 6) is -0.273. The minimum Gasteiger partial charge on any atom is -0.468 e. The summed E-state index contributed by atoms with van der Waals surface area (Å²) < 4.78 is 11.1. The van der Waals surface area contributed by atoms with Gasteiger partial charge < -0.3 is 9.47 Å². The standard InChI is InChI=1S/C21H28O4/c1-15-8-6-9-16(14-15)19(22)25-18-12-7-13-21(18,20(23)24-2)17-10-4-3-5-11-17/h6,8-9,14,17-18H,3-5,7,10-13H2,1-2H3. The molecule has 4 heteroatoms. The Labute approximate surface area is 149 Å². The molecular formula is C21H28O4. The summed E-state index contributed by atoms with van der Waals surface area (Å²) >= 11 is 0. The Kier molecular flexibility index (Phi) is 5.45. The molecule has 2 atom stereocenters. The summed E-state index contributed by atoms with van der Waals surface area (Å²) in [6.45, 7) is 1.95. The molecule has 0 amide bonds. The fourth-order valence-electron chi connectivity index (χ4n) is 4.81. The van der Waals surface area contributed by atoms with Crippen LogP contribution in [0.1, 0.15) is 67.3 Å². The molecule has 2 aliphatic carbocycles. The van der Waals surface area contributed by atoms with Crippen molar-refractivity contribution in [1.29, 1.82) is 0 Å². The van der Waals surface area contributed by atoms with Crippen molar-refractivity contribution in [2.45, 2.75) is 64.4 Å². The van der Waals surface area contributed by atoms with Crippen LogP contribution < -0.4 is 0 Å². The van der Waals surface area contributed by atoms with E-state index in [1.165, 1.54) is 13.5 Å². The van der Waals surface area contributed by atoms with Gasteiger partial charge in [0.15, 0.2) is 0 Å². The van der Waals surface area contributed by atoms with Crippen LogP contribution in [0.2, 0.25) is 0 Å². The van der Waals surface area contributed by atoms with Gasteiger partial charge in [-0.25, -0.2) is 4.79 Å². The number of methoxy groups -OCH3 is 1. The van der Waals surface area contributed by atoms with Gasteiger partial charge in [-0.05, 0) is 57.1 Å². The van der Waals surface area contributed by atoms with Crippen LogP contribution in [0.3, 0.4) is 0 Å². The molecule has 0 aliphatic heterocycles. The maximum Gasteiger partial charge on any atom is 0.338 e. The summed E-state index contributed by atoms with van der Waals surface area (Å²) in [6.07, 6.45) is 7.57. The first-order valence-corrected chi connectivity index (χ1v) is 9.44. The lowest BCUT2D eigenvalue weighted by atomic mass is 9.66. The van der Waals surface area contributed by atoms with Gasteiger partial charge in [-0.1, -0.05) is 37.0 Å². The zero-order valence-corrected chi connectivity index (χ0v) is 15.3. The molecule has 1 aromatic carbocycles. The Hall–Kier alpha value is -1.84. The summed E-state index contributed by atoms with van der Waals surface area (Å²) in [5, 5.41) is 0. The van der Waals surface area contributed by atoms with Crippen molar-refractivity contribution in [1.82, 2.24) is 0 Å². The molecule has 0 bridgehead atoms. The zero-order valence-electron chi connectivity index (χ0n) is 15.3. The molecule has 0 radical (unpaired) electrons. The van der Waals surface area contributed by atoms with E-state index in [0.717, 1.165) is 50.5 Å². The Morgan fingerprint density at radius 3 is 2.52 bits per heavy atom. The third kappa shape index (κ3) is 3.44. The molecule has 136 valence electrons. The minimum atomic E-state index is -0.658. The van der Waals surface area contributed by atoms with Crippen molar-refractivity contribution < 1.29 is 19.1 Å². The molecule has 2 unspecified atom stereocenters. The molecule has 4 nitrogen and oxygen atoms in total. The average Bonchev–Trinajstić information content (AvgIpc) is 3.06. The number of benzene rings is 1. The number of hydrogen-bond acceptors (Lipinski definition) is 4. The molecule has 1 aromatic rings. The van der Waals surface area contributed by atoms with E-state index < -0.39 is 5.41 Å². The topological polar surface area (TPSA) is 52.6 Å². The average molecular weight is 344 g/mol. The van der Waals surface area contributed by atoms with E-state index in [9.17, 15) is 9.59 Å². The van der Waals surface area contributed by atoms with E-state index in [1.807, 2.05) is 25.1 Å². The lowest BCUT2D eigenvalue weighted by Gasteiger charge is -2.41. The lowest BCUT2D eigenvalue weighted by Crippen LogP contribution is -2.48. The normalized spacial score (nSPS) is 27.0. The van der Waals surface area contributed by atoms with Gasteiger partial charge in [0, 0.05) is 0 Å². The Morgan fingerprint density at radius 2 is 1.84 bits per heavy atom. The number of aryl methyl sites for hydroxylation is 1. The van der Waals surface area contributed by atoms with Gasteiger partial charge in [0.05, 0.1) is 12.7 Å². The highest BCUT2D eigenvalue weighted by molar-refractivity contribution is 5.90. The van der Waals surface area contributed by atoms with Crippen LogP contribution in [-0.4, -0.2) is 25.2 Å². The van der Waals surface area contributed by atoms with Crippen LogP contribution >= 0.6 is 0 Å². The number of carbonyl (C=O) groups is 2. The molecule has 0 aromatic heterocycles. The van der Waals surface area contributed by atoms with Gasteiger partial charge in [-0.15, -0.1) is 0 Å². The SMILES string of the molecule is COC(=O)C1(C2CCCCC2)CCCC1OC(=O)c1cccc(C)c1. The van der Waals surface area contributed by atoms with Gasteiger partial charge in [0.25, 0.3) is 0 Å². The summed E-state index contributed by atoms with van der Waals surface area (Å²) in [5.41, 5.74) is 0.913. The first kappa shape index (κ1) is 18.0. The van der Waals surface area contributed by atoms with Crippen LogP contribution in [0.5, 0.6) is 0 Å². The number of ether oxygens (including phenoxy) is 2. The fourth-order valence-corrected chi connectivity index (χ4v) is 4.81. The second kappa shape index (κ2) is 7.59. The Bertz CT molecular complexity index is 633. The molecule has 0 heterocycles. The predicted molar refractivity (Wildman–Crippen MR) is 95.3 cm³/mol. The van der Waals surface area contributed by atoms with Crippen molar-refractivity contribution in [3.8, 4) is 0 Å². The van der Waals surface area contributed by atoms with E-state index in [1.54, 1.807) is 6.07 Å². The third-order valence-corrected chi connectivity index (χ3v) is 6.03. The highest BCUT2D eigenvalue weighted by atomic mass is 16.6. The second-order valence-corrected chi connectivity index (χ2v) is 7.52. The van der Waals surface area contributed by atoms with E-state index in [-0.39, 0.29) is 24.0 Å². The molecule has 25 heavy (non-hydrogen) atoms. The maximum atomic E-state index is 12.8. The number of rotatable bonds is 4. The third-order valence-electron chi connectivity index (χ3n) is 6.03. The van der Waals surface area contributed by atoms with Crippen molar-refractivity contribution in [3.63, 3.8) is 0 Å². The molecule has 0 spiro atoms. The largest absolute Gasteiger partial charge is 0.468 e. The second-order valence-electron chi connectivity index (χ2n) is 7.52. The molecule has 3 rings (SSSR count). The monoisotopic (exact) mass is 344 g/mol. The smallest absolute Gasteiger partial charge is 0.338 e.